The number of nitrogens with one attached hydrogen (secondary N) is 1. The fourth-order valence-electron chi connectivity index (χ4n) is 4.42. The van der Waals surface area contributed by atoms with Gasteiger partial charge >= 0.3 is 11.9 Å². The van der Waals surface area contributed by atoms with Crippen LogP contribution in [0.4, 0.5) is 5.69 Å². The van der Waals surface area contributed by atoms with Crippen LogP contribution in [0.2, 0.25) is 0 Å². The number of ether oxygens (including phenoxy) is 3. The van der Waals surface area contributed by atoms with Gasteiger partial charge in [0.1, 0.15) is 11.5 Å². The monoisotopic (exact) mass is 561 g/mol. The third-order valence-corrected chi connectivity index (χ3v) is 6.97. The molecule has 220 valence electrons. The molecule has 0 fully saturated rings. The molecule has 1 N–H and O–H groups in total. The number of quaternary nitrogens is 1. The molecule has 0 amide bonds. The molecule has 3 aromatic carbocycles. The number of carbonyl (C=O) groups excluding carboxylic acids is 2. The molecule has 0 radical (unpaired) electrons. The van der Waals surface area contributed by atoms with E-state index in [2.05, 4.69) is 17.4 Å². The van der Waals surface area contributed by atoms with Crippen molar-refractivity contribution in [3.05, 3.63) is 90.0 Å². The minimum absolute atomic E-state index is 0.121. The van der Waals surface area contributed by atoms with Gasteiger partial charge in [-0.25, -0.2) is 9.59 Å². The molecule has 7 heteroatoms. The number of nitrogens with zero attached hydrogens (tertiary/aromatic N) is 1. The van der Waals surface area contributed by atoms with Gasteiger partial charge in [0.25, 0.3) is 0 Å². The first-order valence-electron chi connectivity index (χ1n) is 14.5. The van der Waals surface area contributed by atoms with Gasteiger partial charge < -0.3 is 24.0 Å². The molecule has 0 saturated heterocycles. The fraction of sp³-hybridized carbons (Fsp3) is 0.412. The quantitative estimate of drug-likeness (QED) is 0.0875. The van der Waals surface area contributed by atoms with E-state index in [4.69, 9.17) is 14.2 Å². The zero-order valence-electron chi connectivity index (χ0n) is 24.9. The molecule has 3 aromatic rings. The maximum absolute atomic E-state index is 12.8. The third kappa shape index (κ3) is 11.3. The smallest absolute Gasteiger partial charge is 0.365 e. The number of hydrogen-bond donors (Lipinski definition) is 1. The maximum atomic E-state index is 12.8. The van der Waals surface area contributed by atoms with Gasteiger partial charge in [0.05, 0.1) is 39.9 Å². The highest BCUT2D eigenvalue weighted by Gasteiger charge is 2.33. The number of anilines is 1. The van der Waals surface area contributed by atoms with Gasteiger partial charge in [-0.1, -0.05) is 56.0 Å². The van der Waals surface area contributed by atoms with Crippen molar-refractivity contribution in [2.45, 2.75) is 51.0 Å². The summed E-state index contributed by atoms with van der Waals surface area (Å²) >= 11 is 0. The van der Waals surface area contributed by atoms with Crippen LogP contribution in [0.3, 0.4) is 0 Å². The van der Waals surface area contributed by atoms with Crippen LogP contribution < -0.4 is 14.8 Å². The van der Waals surface area contributed by atoms with E-state index in [9.17, 15) is 9.59 Å². The van der Waals surface area contributed by atoms with E-state index >= 15 is 0 Å². The Morgan fingerprint density at radius 3 is 1.93 bits per heavy atom. The van der Waals surface area contributed by atoms with E-state index in [1.807, 2.05) is 70.7 Å². The number of esters is 2. The lowest BCUT2D eigenvalue weighted by molar-refractivity contribution is -0.887. The number of benzene rings is 3. The van der Waals surface area contributed by atoms with Crippen LogP contribution in [0.25, 0.3) is 0 Å². The van der Waals surface area contributed by atoms with Crippen LogP contribution in [-0.4, -0.2) is 63.9 Å². The molecule has 0 aromatic heterocycles. The van der Waals surface area contributed by atoms with E-state index in [-0.39, 0.29) is 12.0 Å². The lowest BCUT2D eigenvalue weighted by Gasteiger charge is -2.32. The molecule has 1 unspecified atom stereocenters. The largest absolute Gasteiger partial charge is 0.494 e. The zero-order chi connectivity index (χ0) is 29.5. The second-order valence-electron chi connectivity index (χ2n) is 11.1. The van der Waals surface area contributed by atoms with Crippen LogP contribution >= 0.6 is 0 Å². The summed E-state index contributed by atoms with van der Waals surface area (Å²) < 4.78 is 17.5. The average molecular weight is 562 g/mol. The van der Waals surface area contributed by atoms with Crippen LogP contribution in [0.15, 0.2) is 78.9 Å². The Hall–Kier alpha value is -3.84. The summed E-state index contributed by atoms with van der Waals surface area (Å²) in [6.45, 7) is 1.11. The molecule has 41 heavy (non-hydrogen) atoms. The van der Waals surface area contributed by atoms with Gasteiger partial charge in [-0.2, -0.15) is 0 Å². The van der Waals surface area contributed by atoms with E-state index in [0.717, 1.165) is 55.5 Å². The summed E-state index contributed by atoms with van der Waals surface area (Å²) in [7, 11) is 7.95. The standard InChI is InChI=1S/C34H44N2O5/c1-35-29-18-16-28(17-19-29)33(37)41-31-22-20-30(21-23-31)39-24-12-7-5-6-8-13-25-40-34(38)32(36(2,3)4)26-27-14-10-9-11-15-27/h9-11,14-23,32H,5-8,12-13,24-26H2,1-4H3/p+1. The molecule has 0 spiro atoms. The van der Waals surface area contributed by atoms with Gasteiger partial charge in [0, 0.05) is 19.2 Å². The van der Waals surface area contributed by atoms with Crippen molar-refractivity contribution in [3.63, 3.8) is 0 Å². The van der Waals surface area contributed by atoms with Gasteiger partial charge in [-0.15, -0.1) is 0 Å². The van der Waals surface area contributed by atoms with Crippen LogP contribution in [-0.2, 0) is 16.0 Å². The summed E-state index contributed by atoms with van der Waals surface area (Å²) in [5, 5.41) is 3.02. The van der Waals surface area contributed by atoms with Crippen LogP contribution in [0.1, 0.15) is 54.4 Å². The summed E-state index contributed by atoms with van der Waals surface area (Å²) in [4.78, 5) is 25.1. The summed E-state index contributed by atoms with van der Waals surface area (Å²) in [6.07, 6.45) is 6.89. The van der Waals surface area contributed by atoms with E-state index in [0.29, 0.717) is 35.4 Å². The highest BCUT2D eigenvalue weighted by Crippen LogP contribution is 2.20. The predicted molar refractivity (Wildman–Crippen MR) is 164 cm³/mol. The molecule has 3 rings (SSSR count). The first-order valence-corrected chi connectivity index (χ1v) is 14.5. The molecular formula is C34H45N2O5+. The minimum Gasteiger partial charge on any atom is -0.494 e. The van der Waals surface area contributed by atoms with Gasteiger partial charge in [-0.05, 0) is 66.9 Å². The van der Waals surface area contributed by atoms with Crippen molar-refractivity contribution in [3.8, 4) is 11.5 Å². The topological polar surface area (TPSA) is 73.9 Å². The van der Waals surface area contributed by atoms with E-state index in [1.165, 1.54) is 0 Å². The van der Waals surface area contributed by atoms with E-state index < -0.39 is 5.97 Å². The Bertz CT molecular complexity index is 1190. The third-order valence-electron chi connectivity index (χ3n) is 6.97. The van der Waals surface area contributed by atoms with Crippen molar-refractivity contribution in [1.29, 1.82) is 0 Å². The second kappa shape index (κ2) is 16.4. The van der Waals surface area contributed by atoms with Crippen molar-refractivity contribution in [2.24, 2.45) is 0 Å². The second-order valence-corrected chi connectivity index (χ2v) is 11.1. The Morgan fingerprint density at radius 1 is 0.732 bits per heavy atom. The summed E-state index contributed by atoms with van der Waals surface area (Å²) in [5.41, 5.74) is 2.58. The molecule has 0 aliphatic carbocycles. The van der Waals surface area contributed by atoms with Crippen LogP contribution in [0.5, 0.6) is 11.5 Å². The lowest BCUT2D eigenvalue weighted by Crippen LogP contribution is -2.51. The highest BCUT2D eigenvalue weighted by molar-refractivity contribution is 5.91. The Balaban J connectivity index is 1.23. The fourth-order valence-corrected chi connectivity index (χ4v) is 4.42. The van der Waals surface area contributed by atoms with Crippen molar-refractivity contribution in [1.82, 2.24) is 0 Å². The Labute approximate surface area is 245 Å². The van der Waals surface area contributed by atoms with Gasteiger partial charge in [0.15, 0.2) is 6.04 Å². The molecule has 1 atom stereocenters. The van der Waals surface area contributed by atoms with Crippen molar-refractivity contribution >= 4 is 17.6 Å². The first-order chi connectivity index (χ1) is 19.8. The minimum atomic E-state index is -0.393. The lowest BCUT2D eigenvalue weighted by atomic mass is 10.0. The van der Waals surface area contributed by atoms with Crippen LogP contribution in [0, 0.1) is 0 Å². The summed E-state index contributed by atoms with van der Waals surface area (Å²) in [5.74, 6) is 0.722. The van der Waals surface area contributed by atoms with Gasteiger partial charge in [0.2, 0.25) is 0 Å². The molecule has 0 aliphatic heterocycles. The predicted octanol–water partition coefficient (Wildman–Crippen LogP) is 6.53. The molecule has 0 aliphatic rings. The SMILES string of the molecule is CNc1ccc(C(=O)Oc2ccc(OCCCCCCCCOC(=O)C(Cc3ccccc3)[N+](C)(C)C)cc2)cc1. The average Bonchev–Trinajstić information content (AvgIpc) is 2.97. The summed E-state index contributed by atoms with van der Waals surface area (Å²) in [6, 6.07) is 24.1. The normalized spacial score (nSPS) is 11.9. The Kier molecular flexibility index (Phi) is 12.7. The maximum Gasteiger partial charge on any atom is 0.365 e. The Morgan fingerprint density at radius 2 is 1.32 bits per heavy atom. The number of unbranched alkanes of at least 4 members (excludes halogenated alkanes) is 5. The van der Waals surface area contributed by atoms with Crippen molar-refractivity contribution in [2.75, 3.05) is 46.7 Å². The molecular weight excluding hydrogens is 516 g/mol. The van der Waals surface area contributed by atoms with Gasteiger partial charge in [-0.3, -0.25) is 0 Å². The highest BCUT2D eigenvalue weighted by atomic mass is 16.5. The molecule has 7 nitrogen and oxygen atoms in total. The number of hydrogen-bond acceptors (Lipinski definition) is 6. The van der Waals surface area contributed by atoms with Crippen molar-refractivity contribution < 1.29 is 28.3 Å². The van der Waals surface area contributed by atoms with E-state index in [1.54, 1.807) is 24.3 Å². The number of rotatable bonds is 17. The molecule has 0 bridgehead atoms. The molecule has 0 heterocycles. The zero-order valence-corrected chi connectivity index (χ0v) is 24.9. The number of carbonyl (C=O) groups is 2. The number of likely N-dealkylation sites (N-methyl/N-ethyl adjacent to an activating group) is 1. The first kappa shape index (κ1) is 31.7. The molecule has 0 saturated carbocycles.